The van der Waals surface area contributed by atoms with Crippen molar-refractivity contribution in [1.29, 1.82) is 0 Å². The third-order valence-corrected chi connectivity index (χ3v) is 0.601. The summed E-state index contributed by atoms with van der Waals surface area (Å²) < 4.78 is 0. The minimum absolute atomic E-state index is 0. The summed E-state index contributed by atoms with van der Waals surface area (Å²) in [5, 5.41) is 0. The third kappa shape index (κ3) is 10.7. The maximum absolute atomic E-state index is 5.14. The number of halogens is 2. The molecule has 0 atom stereocenters. The third-order valence-electron chi connectivity index (χ3n) is 0.422. The first-order valence-electron chi connectivity index (χ1n) is 1.87. The molecular weight excluding hydrogens is 133 g/mol. The highest BCUT2D eigenvalue weighted by atomic mass is 35.5. The van der Waals surface area contributed by atoms with Gasteiger partial charge >= 0.3 is 0 Å². The van der Waals surface area contributed by atoms with E-state index in [9.17, 15) is 0 Å². The molecule has 7 heavy (non-hydrogen) atoms. The molecule has 0 aromatic rings. The molecule has 0 aromatic heterocycles. The fraction of sp³-hybridized carbons (Fsp3) is 0.500. The van der Waals surface area contributed by atoms with Crippen molar-refractivity contribution in [3.05, 3.63) is 11.6 Å². The van der Waals surface area contributed by atoms with Gasteiger partial charge in [-0.05, 0) is 13.0 Å². The van der Waals surface area contributed by atoms with Gasteiger partial charge in [0.05, 0.1) is 0 Å². The van der Waals surface area contributed by atoms with Crippen LogP contribution >= 0.6 is 24.0 Å². The molecule has 2 N–H and O–H groups in total. The van der Waals surface area contributed by atoms with E-state index in [0.29, 0.717) is 6.54 Å². The maximum Gasteiger partial charge on any atom is 0.000293 e. The van der Waals surface area contributed by atoms with Crippen LogP contribution in [-0.2, 0) is 0 Å². The van der Waals surface area contributed by atoms with Crippen LogP contribution < -0.4 is 5.73 Å². The Kier molecular flexibility index (Phi) is 14.1. The minimum atomic E-state index is 0. The predicted molar refractivity (Wildman–Crippen MR) is 35.9 cm³/mol. The van der Waals surface area contributed by atoms with Gasteiger partial charge in [-0.25, -0.2) is 0 Å². The molecule has 0 amide bonds. The zero-order valence-corrected chi connectivity index (χ0v) is 5.50. The lowest BCUT2D eigenvalue weighted by atomic mass is 10.4. The molecule has 44 valence electrons. The summed E-state index contributed by atoms with van der Waals surface area (Å²) in [5.74, 6) is 0. The van der Waals surface area contributed by atoms with E-state index in [1.165, 1.54) is 5.54 Å². The molecule has 3 heteroatoms. The molecule has 0 saturated heterocycles. The Balaban J connectivity index is 0. The van der Waals surface area contributed by atoms with Crippen LogP contribution in [0.2, 0.25) is 0 Å². The Hall–Kier alpha value is 0.280. The van der Waals surface area contributed by atoms with E-state index in [1.54, 1.807) is 0 Å². The highest BCUT2D eigenvalue weighted by Gasteiger charge is 1.65. The summed E-state index contributed by atoms with van der Waals surface area (Å²) in [6.45, 7) is 0.684. The maximum atomic E-state index is 5.14. The van der Waals surface area contributed by atoms with Crippen LogP contribution in [0.4, 0.5) is 0 Å². The topological polar surface area (TPSA) is 26.0 Å². The summed E-state index contributed by atoms with van der Waals surface area (Å²) in [4.78, 5) is 0. The van der Waals surface area contributed by atoms with Crippen LogP contribution in [0.5, 0.6) is 0 Å². The first-order valence-corrected chi connectivity index (χ1v) is 2.30. The number of hydrogen-bond donors (Lipinski definition) is 1. The lowest BCUT2D eigenvalue weighted by molar-refractivity contribution is 1.01. The van der Waals surface area contributed by atoms with E-state index in [4.69, 9.17) is 17.3 Å². The molecule has 0 aliphatic rings. The molecule has 0 fully saturated rings. The van der Waals surface area contributed by atoms with Crippen molar-refractivity contribution in [3.63, 3.8) is 0 Å². The molecule has 0 aliphatic carbocycles. The van der Waals surface area contributed by atoms with Gasteiger partial charge in [0, 0.05) is 5.54 Å². The van der Waals surface area contributed by atoms with E-state index in [0.717, 1.165) is 6.42 Å². The highest BCUT2D eigenvalue weighted by Crippen LogP contribution is 1.80. The second kappa shape index (κ2) is 9.56. The Morgan fingerprint density at radius 1 is 1.57 bits per heavy atom. The van der Waals surface area contributed by atoms with Crippen molar-refractivity contribution in [2.75, 3.05) is 6.54 Å². The molecule has 0 saturated carbocycles. The van der Waals surface area contributed by atoms with Gasteiger partial charge in [-0.1, -0.05) is 17.7 Å². The molecule has 0 bridgehead atoms. The molecule has 1 nitrogen and oxygen atoms in total. The normalized spacial score (nSPS) is 8.86. The largest absolute Gasteiger partial charge is 0.330 e. The monoisotopic (exact) mass is 141 g/mol. The van der Waals surface area contributed by atoms with Crippen molar-refractivity contribution in [2.24, 2.45) is 5.73 Å². The van der Waals surface area contributed by atoms with E-state index in [1.807, 2.05) is 6.08 Å². The first-order chi connectivity index (χ1) is 2.91. The molecule has 0 aromatic carbocycles. The summed E-state index contributed by atoms with van der Waals surface area (Å²) in [5.41, 5.74) is 6.58. The van der Waals surface area contributed by atoms with Crippen LogP contribution in [0.15, 0.2) is 11.6 Å². The van der Waals surface area contributed by atoms with E-state index in [2.05, 4.69) is 0 Å². The van der Waals surface area contributed by atoms with Crippen molar-refractivity contribution in [1.82, 2.24) is 0 Å². The molecule has 0 spiro atoms. The number of nitrogens with two attached hydrogens (primary N) is 1. The molecule has 0 rings (SSSR count). The molecule has 0 radical (unpaired) electrons. The Morgan fingerprint density at radius 3 is 2.29 bits per heavy atom. The molecular formula is C4H9Cl2N. The van der Waals surface area contributed by atoms with E-state index in [-0.39, 0.29) is 12.4 Å². The van der Waals surface area contributed by atoms with Gasteiger partial charge in [-0.15, -0.1) is 12.4 Å². The molecule has 0 unspecified atom stereocenters. The van der Waals surface area contributed by atoms with Crippen molar-refractivity contribution in [2.45, 2.75) is 6.42 Å². The standard InChI is InChI=1S/C4H8ClN.ClH/c5-3-1-2-4-6;/h1,3H,2,4,6H2;1H. The lowest BCUT2D eigenvalue weighted by Crippen LogP contribution is -1.94. The number of hydrogen-bond acceptors (Lipinski definition) is 1. The quantitative estimate of drug-likeness (QED) is 0.621. The van der Waals surface area contributed by atoms with Crippen LogP contribution in [0, 0.1) is 0 Å². The Morgan fingerprint density at radius 2 is 2.14 bits per heavy atom. The van der Waals surface area contributed by atoms with Crippen LogP contribution in [0.3, 0.4) is 0 Å². The van der Waals surface area contributed by atoms with E-state index < -0.39 is 0 Å². The minimum Gasteiger partial charge on any atom is -0.330 e. The Bertz CT molecular complexity index is 45.0. The van der Waals surface area contributed by atoms with Crippen LogP contribution in [0.25, 0.3) is 0 Å². The number of rotatable bonds is 2. The lowest BCUT2D eigenvalue weighted by Gasteiger charge is -1.76. The van der Waals surface area contributed by atoms with Gasteiger partial charge in [0.15, 0.2) is 0 Å². The first kappa shape index (κ1) is 10.3. The van der Waals surface area contributed by atoms with Gasteiger partial charge in [-0.2, -0.15) is 0 Å². The van der Waals surface area contributed by atoms with Crippen molar-refractivity contribution in [3.8, 4) is 0 Å². The predicted octanol–water partition coefficient (Wildman–Crippen LogP) is 1.51. The average Bonchev–Trinajstić information content (AvgIpc) is 1.61. The SMILES string of the molecule is Cl.NCCC=CCl. The van der Waals surface area contributed by atoms with Gasteiger partial charge in [-0.3, -0.25) is 0 Å². The molecule has 0 aliphatic heterocycles. The zero-order valence-electron chi connectivity index (χ0n) is 3.93. The van der Waals surface area contributed by atoms with Crippen LogP contribution in [0.1, 0.15) is 6.42 Å². The van der Waals surface area contributed by atoms with E-state index >= 15 is 0 Å². The van der Waals surface area contributed by atoms with Gasteiger partial charge in [0.1, 0.15) is 0 Å². The van der Waals surface area contributed by atoms with Gasteiger partial charge in [0.25, 0.3) is 0 Å². The fourth-order valence-corrected chi connectivity index (χ4v) is 0.285. The van der Waals surface area contributed by atoms with Crippen molar-refractivity contribution < 1.29 is 0 Å². The average molecular weight is 142 g/mol. The molecule has 0 heterocycles. The van der Waals surface area contributed by atoms with Crippen LogP contribution in [-0.4, -0.2) is 6.54 Å². The smallest absolute Gasteiger partial charge is 0.000293 e. The zero-order chi connectivity index (χ0) is 4.83. The second-order valence-electron chi connectivity index (χ2n) is 0.939. The van der Waals surface area contributed by atoms with Crippen molar-refractivity contribution >= 4 is 24.0 Å². The fourth-order valence-electron chi connectivity index (χ4n) is 0.159. The highest BCUT2D eigenvalue weighted by molar-refractivity contribution is 6.25. The Labute approximate surface area is 54.9 Å². The summed E-state index contributed by atoms with van der Waals surface area (Å²) in [7, 11) is 0. The summed E-state index contributed by atoms with van der Waals surface area (Å²) in [6, 6.07) is 0. The van der Waals surface area contributed by atoms with Gasteiger partial charge in [0.2, 0.25) is 0 Å². The van der Waals surface area contributed by atoms with Gasteiger partial charge < -0.3 is 5.73 Å². The summed E-state index contributed by atoms with van der Waals surface area (Å²) in [6.07, 6.45) is 2.70. The summed E-state index contributed by atoms with van der Waals surface area (Å²) >= 11 is 5.14. The second-order valence-corrected chi connectivity index (χ2v) is 1.19.